The van der Waals surface area contributed by atoms with Gasteiger partial charge >= 0.3 is 0 Å². The Balaban J connectivity index is 1.91. The minimum absolute atomic E-state index is 0.00934. The van der Waals surface area contributed by atoms with Crippen molar-refractivity contribution in [2.75, 3.05) is 12.3 Å². The van der Waals surface area contributed by atoms with E-state index in [1.54, 1.807) is 6.20 Å². The number of aromatic nitrogens is 1. The molecule has 0 fully saturated rings. The van der Waals surface area contributed by atoms with Crippen LogP contribution in [0.5, 0.6) is 5.75 Å². The van der Waals surface area contributed by atoms with Crippen LogP contribution in [0.2, 0.25) is 5.02 Å². The van der Waals surface area contributed by atoms with Crippen molar-refractivity contribution < 1.29 is 4.74 Å². The van der Waals surface area contributed by atoms with Crippen molar-refractivity contribution in [1.29, 1.82) is 0 Å². The van der Waals surface area contributed by atoms with Gasteiger partial charge in [-0.25, -0.2) is 4.98 Å². The number of likely N-dealkylation sites (N-methyl/N-ethyl adjacent to an activating group) is 1. The second-order valence-corrected chi connectivity index (χ2v) is 5.57. The number of hydrogen-bond donors (Lipinski definition) is 2. The van der Waals surface area contributed by atoms with E-state index in [-0.39, 0.29) is 12.1 Å². The van der Waals surface area contributed by atoms with Gasteiger partial charge in [0.1, 0.15) is 17.7 Å². The predicted octanol–water partition coefficient (Wildman–Crippen LogP) is 2.97. The van der Waals surface area contributed by atoms with E-state index in [0.29, 0.717) is 10.8 Å². The fraction of sp³-hybridized carbons (Fsp3) is 0.312. The predicted molar refractivity (Wildman–Crippen MR) is 84.6 cm³/mol. The summed E-state index contributed by atoms with van der Waals surface area (Å²) in [6, 6.07) is 9.94. The van der Waals surface area contributed by atoms with E-state index in [0.717, 1.165) is 24.3 Å². The number of fused-ring (bicyclic) bond motifs is 1. The van der Waals surface area contributed by atoms with Crippen LogP contribution in [-0.2, 0) is 6.42 Å². The highest BCUT2D eigenvalue weighted by atomic mass is 35.5. The molecule has 2 heterocycles. The largest absolute Gasteiger partial charge is 0.488 e. The average Bonchev–Trinajstić information content (AvgIpc) is 2.91. The highest BCUT2D eigenvalue weighted by Gasteiger charge is 2.32. The molecule has 1 aliphatic rings. The fourth-order valence-corrected chi connectivity index (χ4v) is 2.94. The summed E-state index contributed by atoms with van der Waals surface area (Å²) in [5.41, 5.74) is 8.14. The molecule has 2 aromatic rings. The Labute approximate surface area is 129 Å². The Morgan fingerprint density at radius 1 is 1.48 bits per heavy atom. The summed E-state index contributed by atoms with van der Waals surface area (Å²) in [6.45, 7) is 2.87. The van der Waals surface area contributed by atoms with Crippen LogP contribution < -0.4 is 15.8 Å². The Hall–Kier alpha value is -1.78. The Kier molecular flexibility index (Phi) is 3.99. The van der Waals surface area contributed by atoms with E-state index >= 15 is 0 Å². The van der Waals surface area contributed by atoms with Crippen molar-refractivity contribution >= 4 is 17.4 Å². The fourth-order valence-electron chi connectivity index (χ4n) is 2.77. The number of rotatable bonds is 4. The molecule has 0 saturated carbocycles. The SMILES string of the molecule is CCNC(c1cc(Cl)cnc1N)C1Cc2ccccc2O1. The maximum absolute atomic E-state index is 6.08. The Morgan fingerprint density at radius 2 is 2.29 bits per heavy atom. The summed E-state index contributed by atoms with van der Waals surface area (Å²) >= 11 is 6.07. The maximum Gasteiger partial charge on any atom is 0.128 e. The molecule has 0 amide bonds. The molecule has 1 aromatic carbocycles. The van der Waals surface area contributed by atoms with E-state index < -0.39 is 0 Å². The third kappa shape index (κ3) is 2.82. The monoisotopic (exact) mass is 303 g/mol. The first-order valence-electron chi connectivity index (χ1n) is 7.08. The highest BCUT2D eigenvalue weighted by molar-refractivity contribution is 6.30. The highest BCUT2D eigenvalue weighted by Crippen LogP contribution is 2.35. The molecule has 0 spiro atoms. The van der Waals surface area contributed by atoms with Crippen LogP contribution in [0, 0.1) is 0 Å². The molecule has 0 aliphatic carbocycles. The zero-order valence-electron chi connectivity index (χ0n) is 11.8. The number of para-hydroxylation sites is 1. The van der Waals surface area contributed by atoms with Gasteiger partial charge in [0.05, 0.1) is 11.1 Å². The number of benzene rings is 1. The van der Waals surface area contributed by atoms with Crippen LogP contribution >= 0.6 is 11.6 Å². The van der Waals surface area contributed by atoms with Crippen molar-refractivity contribution in [2.24, 2.45) is 0 Å². The van der Waals surface area contributed by atoms with Gasteiger partial charge in [-0.1, -0.05) is 36.7 Å². The smallest absolute Gasteiger partial charge is 0.128 e. The molecule has 21 heavy (non-hydrogen) atoms. The first-order valence-corrected chi connectivity index (χ1v) is 7.45. The van der Waals surface area contributed by atoms with E-state index in [1.165, 1.54) is 5.56 Å². The molecule has 3 rings (SSSR count). The minimum Gasteiger partial charge on any atom is -0.488 e. The topological polar surface area (TPSA) is 60.2 Å². The molecular weight excluding hydrogens is 286 g/mol. The van der Waals surface area contributed by atoms with Gasteiger partial charge < -0.3 is 15.8 Å². The lowest BCUT2D eigenvalue weighted by Crippen LogP contribution is -2.35. The number of pyridine rings is 1. The third-order valence-electron chi connectivity index (χ3n) is 3.72. The number of ether oxygens (including phenoxy) is 1. The lowest BCUT2D eigenvalue weighted by Gasteiger charge is -2.25. The lowest BCUT2D eigenvalue weighted by atomic mass is 9.98. The molecule has 0 bridgehead atoms. The summed E-state index contributed by atoms with van der Waals surface area (Å²) in [4.78, 5) is 4.15. The number of anilines is 1. The van der Waals surface area contributed by atoms with Gasteiger partial charge in [-0.05, 0) is 24.2 Å². The molecule has 0 radical (unpaired) electrons. The van der Waals surface area contributed by atoms with Crippen molar-refractivity contribution in [3.63, 3.8) is 0 Å². The summed E-state index contributed by atoms with van der Waals surface area (Å²) in [7, 11) is 0. The molecule has 2 atom stereocenters. The van der Waals surface area contributed by atoms with Crippen LogP contribution in [0.25, 0.3) is 0 Å². The summed E-state index contributed by atoms with van der Waals surface area (Å²) < 4.78 is 6.08. The number of hydrogen-bond acceptors (Lipinski definition) is 4. The second-order valence-electron chi connectivity index (χ2n) is 5.13. The zero-order valence-corrected chi connectivity index (χ0v) is 12.6. The maximum atomic E-state index is 6.08. The average molecular weight is 304 g/mol. The van der Waals surface area contributed by atoms with Gasteiger partial charge in [0.2, 0.25) is 0 Å². The molecule has 2 unspecified atom stereocenters. The summed E-state index contributed by atoms with van der Waals surface area (Å²) in [5, 5.41) is 4.02. The number of nitrogens with one attached hydrogen (secondary N) is 1. The van der Waals surface area contributed by atoms with E-state index in [4.69, 9.17) is 22.1 Å². The molecule has 5 heteroatoms. The van der Waals surface area contributed by atoms with Crippen LogP contribution in [0.1, 0.15) is 24.1 Å². The molecular formula is C16H18ClN3O. The van der Waals surface area contributed by atoms with Gasteiger partial charge in [0.25, 0.3) is 0 Å². The minimum atomic E-state index is -0.0337. The molecule has 0 saturated heterocycles. The molecule has 4 nitrogen and oxygen atoms in total. The van der Waals surface area contributed by atoms with Gasteiger partial charge in [0.15, 0.2) is 0 Å². The molecule has 3 N–H and O–H groups in total. The first-order chi connectivity index (χ1) is 10.2. The summed E-state index contributed by atoms with van der Waals surface area (Å²) in [5.74, 6) is 1.43. The van der Waals surface area contributed by atoms with Gasteiger partial charge in [-0.15, -0.1) is 0 Å². The number of nitrogens with zero attached hydrogens (tertiary/aromatic N) is 1. The van der Waals surface area contributed by atoms with Gasteiger partial charge in [-0.2, -0.15) is 0 Å². The third-order valence-corrected chi connectivity index (χ3v) is 3.93. The van der Waals surface area contributed by atoms with Crippen molar-refractivity contribution in [3.05, 3.63) is 52.7 Å². The zero-order chi connectivity index (χ0) is 14.8. The quantitative estimate of drug-likeness (QED) is 0.911. The van der Waals surface area contributed by atoms with Crippen LogP contribution in [0.3, 0.4) is 0 Å². The van der Waals surface area contributed by atoms with Crippen molar-refractivity contribution in [1.82, 2.24) is 10.3 Å². The van der Waals surface area contributed by atoms with E-state index in [1.807, 2.05) is 24.3 Å². The number of halogens is 1. The molecule has 110 valence electrons. The van der Waals surface area contributed by atoms with Gasteiger partial charge in [0, 0.05) is 18.2 Å². The normalized spacial score (nSPS) is 18.1. The van der Waals surface area contributed by atoms with Crippen LogP contribution in [0.15, 0.2) is 36.5 Å². The van der Waals surface area contributed by atoms with E-state index in [9.17, 15) is 0 Å². The van der Waals surface area contributed by atoms with Crippen molar-refractivity contribution in [3.8, 4) is 5.75 Å². The first kappa shape index (κ1) is 14.2. The lowest BCUT2D eigenvalue weighted by molar-refractivity contribution is 0.180. The van der Waals surface area contributed by atoms with Crippen LogP contribution in [0.4, 0.5) is 5.82 Å². The van der Waals surface area contributed by atoms with E-state index in [2.05, 4.69) is 23.3 Å². The Bertz CT molecular complexity index is 622. The van der Waals surface area contributed by atoms with Gasteiger partial charge in [-0.3, -0.25) is 0 Å². The van der Waals surface area contributed by atoms with Crippen molar-refractivity contribution in [2.45, 2.75) is 25.5 Å². The Morgan fingerprint density at radius 3 is 3.05 bits per heavy atom. The number of nitrogen functional groups attached to an aromatic ring is 1. The second kappa shape index (κ2) is 5.92. The van der Waals surface area contributed by atoms with Crippen LogP contribution in [-0.4, -0.2) is 17.6 Å². The molecule has 1 aliphatic heterocycles. The number of nitrogens with two attached hydrogens (primary N) is 1. The molecule has 1 aromatic heterocycles. The standard InChI is InChI=1S/C16H18ClN3O/c1-2-19-15(12-8-11(17)9-20-16(12)18)14-7-10-5-3-4-6-13(10)21-14/h3-6,8-9,14-15,19H,2,7H2,1H3,(H2,18,20). The summed E-state index contributed by atoms with van der Waals surface area (Å²) in [6.07, 6.45) is 2.40.